The quantitative estimate of drug-likeness (QED) is 0.357. The first-order valence-electron chi connectivity index (χ1n) is 9.34. The van der Waals surface area contributed by atoms with Gasteiger partial charge in [-0.1, -0.05) is 0 Å². The molecule has 0 atom stereocenters. The summed E-state index contributed by atoms with van der Waals surface area (Å²) in [6.07, 6.45) is 10.1. The predicted molar refractivity (Wildman–Crippen MR) is 106 cm³/mol. The van der Waals surface area contributed by atoms with Crippen molar-refractivity contribution in [1.82, 2.24) is 0 Å². The van der Waals surface area contributed by atoms with E-state index in [1.165, 1.54) is 57.2 Å². The van der Waals surface area contributed by atoms with E-state index < -0.39 is 18.4 Å². The van der Waals surface area contributed by atoms with Gasteiger partial charge in [0.05, 0.1) is 0 Å². The molecule has 3 heteroatoms. The summed E-state index contributed by atoms with van der Waals surface area (Å²) in [5.41, 5.74) is 1.02. The zero-order valence-corrected chi connectivity index (χ0v) is 18.6. The van der Waals surface area contributed by atoms with E-state index in [0.717, 1.165) is 10.6 Å². The SMILES string of the molecule is CCC[CH2][Sn]([CH2]CCC)([CH2]CCC)[c]1coc2ccc(Cl)cc12. The average molecular weight is 442 g/mol. The van der Waals surface area contributed by atoms with Crippen molar-refractivity contribution in [1.29, 1.82) is 0 Å². The number of hydrogen-bond donors (Lipinski definition) is 0. The van der Waals surface area contributed by atoms with E-state index in [0.29, 0.717) is 0 Å². The number of benzene rings is 1. The molecule has 1 aromatic heterocycles. The molecule has 0 aliphatic carbocycles. The summed E-state index contributed by atoms with van der Waals surface area (Å²) in [6.45, 7) is 6.96. The third kappa shape index (κ3) is 4.69. The van der Waals surface area contributed by atoms with Gasteiger partial charge in [-0.2, -0.15) is 0 Å². The van der Waals surface area contributed by atoms with Crippen LogP contribution in [-0.4, -0.2) is 18.4 Å². The zero-order chi connectivity index (χ0) is 16.7. The zero-order valence-electron chi connectivity index (χ0n) is 15.0. The minimum absolute atomic E-state index is 0.835. The van der Waals surface area contributed by atoms with Crippen molar-refractivity contribution in [2.24, 2.45) is 0 Å². The van der Waals surface area contributed by atoms with Gasteiger partial charge < -0.3 is 0 Å². The summed E-state index contributed by atoms with van der Waals surface area (Å²) >= 11 is 3.86. The van der Waals surface area contributed by atoms with Gasteiger partial charge in [0, 0.05) is 0 Å². The maximum absolute atomic E-state index is 6.29. The number of furan rings is 1. The van der Waals surface area contributed by atoms with Gasteiger partial charge in [-0.15, -0.1) is 0 Å². The summed E-state index contributed by atoms with van der Waals surface area (Å²) in [5.74, 6) is 0. The van der Waals surface area contributed by atoms with Crippen LogP contribution in [0.4, 0.5) is 0 Å². The molecule has 128 valence electrons. The molecular formula is C20H31ClOSn. The molecule has 0 aliphatic heterocycles. The van der Waals surface area contributed by atoms with E-state index in [1.54, 1.807) is 3.58 Å². The fourth-order valence-corrected chi connectivity index (χ4v) is 20.2. The van der Waals surface area contributed by atoms with Gasteiger partial charge in [0.25, 0.3) is 0 Å². The molecule has 23 heavy (non-hydrogen) atoms. The van der Waals surface area contributed by atoms with Crippen molar-refractivity contribution in [3.8, 4) is 0 Å². The molecule has 1 heterocycles. The number of halogens is 1. The van der Waals surface area contributed by atoms with Crippen LogP contribution in [0.25, 0.3) is 11.0 Å². The first-order valence-corrected chi connectivity index (χ1v) is 17.2. The average Bonchev–Trinajstić information content (AvgIpc) is 2.98. The fraction of sp³-hybridized carbons (Fsp3) is 0.600. The molecule has 0 radical (unpaired) electrons. The van der Waals surface area contributed by atoms with E-state index in [2.05, 4.69) is 33.1 Å². The Morgan fingerprint density at radius 2 is 1.48 bits per heavy atom. The van der Waals surface area contributed by atoms with Crippen LogP contribution in [0.2, 0.25) is 18.3 Å². The summed E-state index contributed by atoms with van der Waals surface area (Å²) in [4.78, 5) is 0. The van der Waals surface area contributed by atoms with Gasteiger partial charge in [0.1, 0.15) is 0 Å². The Morgan fingerprint density at radius 3 is 2.00 bits per heavy atom. The maximum atomic E-state index is 6.29. The summed E-state index contributed by atoms with van der Waals surface area (Å²) in [5, 5.41) is 2.15. The topological polar surface area (TPSA) is 13.1 Å². The Kier molecular flexibility index (Phi) is 7.81. The fourth-order valence-electron chi connectivity index (χ4n) is 3.74. The molecule has 0 aliphatic rings. The number of hydrogen-bond acceptors (Lipinski definition) is 1. The van der Waals surface area contributed by atoms with Crippen molar-refractivity contribution >= 4 is 44.5 Å². The van der Waals surface area contributed by atoms with Gasteiger partial charge >= 0.3 is 151 Å². The van der Waals surface area contributed by atoms with Crippen molar-refractivity contribution < 1.29 is 4.42 Å². The van der Waals surface area contributed by atoms with E-state index >= 15 is 0 Å². The molecule has 1 nitrogen and oxygen atoms in total. The minimum atomic E-state index is -2.43. The Balaban J connectivity index is 2.48. The molecule has 2 aromatic rings. The molecule has 0 unspecified atom stereocenters. The molecule has 0 saturated heterocycles. The van der Waals surface area contributed by atoms with Crippen LogP contribution in [0.3, 0.4) is 0 Å². The monoisotopic (exact) mass is 442 g/mol. The number of unbranched alkanes of at least 4 members (excludes halogenated alkanes) is 3. The second-order valence-corrected chi connectivity index (χ2v) is 20.4. The Labute approximate surface area is 150 Å². The molecule has 0 N–H and O–H groups in total. The van der Waals surface area contributed by atoms with Crippen LogP contribution in [0, 0.1) is 0 Å². The van der Waals surface area contributed by atoms with E-state index in [1.807, 2.05) is 12.1 Å². The van der Waals surface area contributed by atoms with Crippen LogP contribution in [-0.2, 0) is 0 Å². The summed E-state index contributed by atoms with van der Waals surface area (Å²) < 4.78 is 11.9. The van der Waals surface area contributed by atoms with Crippen LogP contribution in [0.15, 0.2) is 28.9 Å². The second kappa shape index (κ2) is 9.36. The predicted octanol–water partition coefficient (Wildman–Crippen LogP) is 7.14. The summed E-state index contributed by atoms with van der Waals surface area (Å²) in [7, 11) is 0. The Morgan fingerprint density at radius 1 is 0.913 bits per heavy atom. The Hall–Kier alpha value is -0.151. The first-order chi connectivity index (χ1) is 11.2. The van der Waals surface area contributed by atoms with Crippen LogP contribution >= 0.6 is 11.6 Å². The van der Waals surface area contributed by atoms with Gasteiger partial charge in [-0.05, 0) is 0 Å². The van der Waals surface area contributed by atoms with Gasteiger partial charge in [-0.3, -0.25) is 0 Å². The van der Waals surface area contributed by atoms with Crippen molar-refractivity contribution in [3.05, 3.63) is 29.5 Å². The molecular weight excluding hydrogens is 410 g/mol. The molecule has 0 fully saturated rings. The molecule has 0 spiro atoms. The Bertz CT molecular complexity index is 583. The third-order valence-corrected chi connectivity index (χ3v) is 21.0. The second-order valence-electron chi connectivity index (χ2n) is 6.88. The van der Waals surface area contributed by atoms with Crippen LogP contribution in [0.1, 0.15) is 59.3 Å². The van der Waals surface area contributed by atoms with Crippen LogP contribution < -0.4 is 3.58 Å². The molecule has 0 saturated carbocycles. The van der Waals surface area contributed by atoms with E-state index in [9.17, 15) is 0 Å². The van der Waals surface area contributed by atoms with Gasteiger partial charge in [-0.25, -0.2) is 0 Å². The van der Waals surface area contributed by atoms with E-state index in [4.69, 9.17) is 16.0 Å². The van der Waals surface area contributed by atoms with Crippen molar-refractivity contribution in [2.75, 3.05) is 0 Å². The van der Waals surface area contributed by atoms with Crippen molar-refractivity contribution in [2.45, 2.75) is 72.6 Å². The molecule has 0 amide bonds. The molecule has 0 bridgehead atoms. The molecule has 2 rings (SSSR count). The van der Waals surface area contributed by atoms with Gasteiger partial charge in [0.15, 0.2) is 0 Å². The third-order valence-electron chi connectivity index (χ3n) is 5.13. The molecule has 1 aromatic carbocycles. The summed E-state index contributed by atoms with van der Waals surface area (Å²) in [6, 6.07) is 6.13. The first kappa shape index (κ1) is 19.2. The van der Waals surface area contributed by atoms with Crippen molar-refractivity contribution in [3.63, 3.8) is 0 Å². The van der Waals surface area contributed by atoms with E-state index in [-0.39, 0.29) is 0 Å². The number of fused-ring (bicyclic) bond motifs is 1. The normalized spacial score (nSPS) is 12.2. The standard InChI is InChI=1S/C8H4ClO.3C4H9.Sn/c9-7-1-2-8-6(5-7)3-4-10-8;3*1-3-4-2;/h1-2,4-5H;3*1,3-4H2,2H3;. The number of rotatable bonds is 10. The van der Waals surface area contributed by atoms with Gasteiger partial charge in [0.2, 0.25) is 0 Å². The van der Waals surface area contributed by atoms with Crippen LogP contribution in [0.5, 0.6) is 0 Å².